The Morgan fingerprint density at radius 2 is 1.66 bits per heavy atom. The highest BCUT2D eigenvalue weighted by atomic mass is 79.9. The Hall–Kier alpha value is -4.29. The summed E-state index contributed by atoms with van der Waals surface area (Å²) in [6.45, 7) is 2.67. The molecule has 0 aliphatic carbocycles. The molecule has 0 bridgehead atoms. The van der Waals surface area contributed by atoms with Crippen molar-refractivity contribution in [3.63, 3.8) is 0 Å². The summed E-state index contributed by atoms with van der Waals surface area (Å²) in [5, 5.41) is 28.0. The maximum absolute atomic E-state index is 12.2. The molecule has 41 heavy (non-hydrogen) atoms. The zero-order valence-corrected chi connectivity index (χ0v) is 24.7. The van der Waals surface area contributed by atoms with Crippen LogP contribution in [0.2, 0.25) is 0 Å². The van der Waals surface area contributed by atoms with Crippen LogP contribution < -0.4 is 14.2 Å². The molecule has 0 saturated heterocycles. The molecule has 0 spiro atoms. The fraction of sp³-hybridized carbons (Fsp3) is 0.172. The van der Waals surface area contributed by atoms with Gasteiger partial charge in [0.2, 0.25) is 0 Å². The number of aliphatic carboxylic acids is 1. The summed E-state index contributed by atoms with van der Waals surface area (Å²) in [7, 11) is 3.12. The summed E-state index contributed by atoms with van der Waals surface area (Å²) < 4.78 is 19.1. The fourth-order valence-electron chi connectivity index (χ4n) is 3.81. The fourth-order valence-corrected chi connectivity index (χ4v) is 5.21. The molecule has 0 saturated carbocycles. The van der Waals surface area contributed by atoms with E-state index in [4.69, 9.17) is 19.3 Å². The van der Waals surface area contributed by atoms with E-state index in [1.165, 1.54) is 12.1 Å². The molecule has 0 amide bonds. The third-order valence-electron chi connectivity index (χ3n) is 5.90. The highest BCUT2D eigenvalue weighted by molar-refractivity contribution is 9.10. The predicted molar refractivity (Wildman–Crippen MR) is 158 cm³/mol. The van der Waals surface area contributed by atoms with Gasteiger partial charge in [0.05, 0.1) is 24.3 Å². The van der Waals surface area contributed by atoms with Gasteiger partial charge in [-0.15, -0.1) is 10.2 Å². The molecule has 1 heterocycles. The summed E-state index contributed by atoms with van der Waals surface area (Å²) in [5.41, 5.74) is 2.37. The van der Waals surface area contributed by atoms with Gasteiger partial charge in [-0.1, -0.05) is 18.2 Å². The van der Waals surface area contributed by atoms with Crippen molar-refractivity contribution in [1.29, 1.82) is 0 Å². The van der Waals surface area contributed by atoms with E-state index < -0.39 is 11.9 Å². The molecule has 4 rings (SSSR count). The molecular weight excluding hydrogens is 614 g/mol. The molecule has 0 aliphatic heterocycles. The van der Waals surface area contributed by atoms with E-state index in [0.717, 1.165) is 22.9 Å². The van der Waals surface area contributed by atoms with E-state index in [9.17, 15) is 14.7 Å². The second kappa shape index (κ2) is 13.4. The van der Waals surface area contributed by atoms with E-state index in [1.54, 1.807) is 56.7 Å². The molecule has 0 unspecified atom stereocenters. The lowest BCUT2D eigenvalue weighted by molar-refractivity contribution is -0.131. The minimum Gasteiger partial charge on any atom is -0.497 e. The van der Waals surface area contributed by atoms with Crippen LogP contribution in [0.5, 0.6) is 17.2 Å². The van der Waals surface area contributed by atoms with Crippen molar-refractivity contribution in [2.24, 2.45) is 0 Å². The van der Waals surface area contributed by atoms with E-state index in [-0.39, 0.29) is 17.1 Å². The van der Waals surface area contributed by atoms with Crippen LogP contribution in [0.4, 0.5) is 0 Å². The number of benzene rings is 3. The van der Waals surface area contributed by atoms with Gasteiger partial charge in [0, 0.05) is 18.2 Å². The van der Waals surface area contributed by atoms with Crippen LogP contribution >= 0.6 is 27.7 Å². The standard InChI is InChI=1S/C29H26BrN3O7S/c1-4-33-26(20-13-21(38-2)15-22(14-20)39-3)31-32-29(33)41-25(28(36)37)12-18-7-10-24(23(30)11-18)40-16-17-5-8-19(9-6-17)27(34)35/h5-15H,4,16H2,1-3H3,(H,34,35)(H,36,37)/b25-12-. The van der Waals surface area contributed by atoms with Gasteiger partial charge in [0.1, 0.15) is 28.8 Å². The quantitative estimate of drug-likeness (QED) is 0.135. The van der Waals surface area contributed by atoms with Gasteiger partial charge in [-0.3, -0.25) is 0 Å². The van der Waals surface area contributed by atoms with Crippen molar-refractivity contribution >= 4 is 45.7 Å². The van der Waals surface area contributed by atoms with E-state index in [2.05, 4.69) is 26.1 Å². The van der Waals surface area contributed by atoms with Crippen LogP contribution in [-0.4, -0.2) is 51.1 Å². The Morgan fingerprint density at radius 3 is 2.22 bits per heavy atom. The number of carbonyl (C=O) groups is 2. The number of hydrogen-bond acceptors (Lipinski definition) is 8. The van der Waals surface area contributed by atoms with E-state index in [1.807, 2.05) is 23.6 Å². The van der Waals surface area contributed by atoms with Crippen molar-refractivity contribution in [3.8, 4) is 28.6 Å². The first-order valence-corrected chi connectivity index (χ1v) is 13.9. The SMILES string of the molecule is CCn1c(S/C(=C\c2ccc(OCc3ccc(C(=O)O)cc3)c(Br)c2)C(=O)O)nnc1-c1cc(OC)cc(OC)c1. The molecule has 0 aliphatic rings. The van der Waals surface area contributed by atoms with Crippen LogP contribution in [0.3, 0.4) is 0 Å². The van der Waals surface area contributed by atoms with E-state index >= 15 is 0 Å². The number of carboxylic acids is 2. The number of thioether (sulfide) groups is 1. The molecule has 4 aromatic rings. The van der Waals surface area contributed by atoms with Crippen LogP contribution in [0, 0.1) is 0 Å². The zero-order chi connectivity index (χ0) is 29.5. The third kappa shape index (κ3) is 7.27. The first-order chi connectivity index (χ1) is 19.7. The van der Waals surface area contributed by atoms with E-state index in [0.29, 0.717) is 44.8 Å². The highest BCUT2D eigenvalue weighted by Gasteiger charge is 2.19. The maximum atomic E-state index is 12.2. The lowest BCUT2D eigenvalue weighted by atomic mass is 10.1. The Bertz CT molecular complexity index is 1580. The molecule has 0 radical (unpaired) electrons. The van der Waals surface area contributed by atoms with Gasteiger partial charge < -0.3 is 29.0 Å². The number of aromatic carboxylic acids is 1. The molecule has 10 nitrogen and oxygen atoms in total. The Morgan fingerprint density at radius 1 is 0.976 bits per heavy atom. The highest BCUT2D eigenvalue weighted by Crippen LogP contribution is 2.34. The molecule has 1 aromatic heterocycles. The second-order valence-electron chi connectivity index (χ2n) is 8.55. The number of nitrogens with zero attached hydrogens (tertiary/aromatic N) is 3. The summed E-state index contributed by atoms with van der Waals surface area (Å²) in [4.78, 5) is 23.3. The minimum atomic E-state index is -1.11. The monoisotopic (exact) mass is 639 g/mol. The molecule has 2 N–H and O–H groups in total. The topological polar surface area (TPSA) is 133 Å². The summed E-state index contributed by atoms with van der Waals surface area (Å²) in [6.07, 6.45) is 1.55. The Labute approximate surface area is 248 Å². The first-order valence-electron chi connectivity index (χ1n) is 12.3. The normalized spacial score (nSPS) is 11.3. The number of methoxy groups -OCH3 is 2. The molecular formula is C29H26BrN3O7S. The van der Waals surface area contributed by atoms with Gasteiger partial charge in [-0.25, -0.2) is 9.59 Å². The number of aromatic nitrogens is 3. The largest absolute Gasteiger partial charge is 0.497 e. The predicted octanol–water partition coefficient (Wildman–Crippen LogP) is 6.24. The lowest BCUT2D eigenvalue weighted by Gasteiger charge is -2.11. The Balaban J connectivity index is 1.54. The second-order valence-corrected chi connectivity index (χ2v) is 10.4. The van der Waals surface area contributed by atoms with Gasteiger partial charge in [-0.05, 0) is 88.2 Å². The number of hydrogen-bond donors (Lipinski definition) is 2. The molecule has 0 fully saturated rings. The van der Waals surface area contributed by atoms with Crippen molar-refractivity contribution in [2.45, 2.75) is 25.2 Å². The first kappa shape index (κ1) is 29.7. The average molecular weight is 641 g/mol. The van der Waals surface area contributed by atoms with Gasteiger partial charge >= 0.3 is 11.9 Å². The van der Waals surface area contributed by atoms with Crippen molar-refractivity contribution in [2.75, 3.05) is 14.2 Å². The van der Waals surface area contributed by atoms with Crippen molar-refractivity contribution < 1.29 is 34.0 Å². The van der Waals surface area contributed by atoms with Crippen LogP contribution in [0.15, 0.2) is 75.2 Å². The summed E-state index contributed by atoms with van der Waals surface area (Å²) in [5.74, 6) is 0.206. The van der Waals surface area contributed by atoms with Crippen LogP contribution in [0.25, 0.3) is 17.5 Å². The van der Waals surface area contributed by atoms with Crippen molar-refractivity contribution in [3.05, 3.63) is 86.7 Å². The molecule has 0 atom stereocenters. The van der Waals surface area contributed by atoms with Crippen LogP contribution in [0.1, 0.15) is 28.4 Å². The van der Waals surface area contributed by atoms with Gasteiger partial charge in [0.15, 0.2) is 11.0 Å². The third-order valence-corrected chi connectivity index (χ3v) is 7.52. The average Bonchev–Trinajstić information content (AvgIpc) is 3.38. The number of carboxylic acid groups (broad SMARTS) is 2. The lowest BCUT2D eigenvalue weighted by Crippen LogP contribution is -2.03. The minimum absolute atomic E-state index is 0.0564. The molecule has 212 valence electrons. The summed E-state index contributed by atoms with van der Waals surface area (Å²) in [6, 6.07) is 17.0. The molecule has 3 aromatic carbocycles. The summed E-state index contributed by atoms with van der Waals surface area (Å²) >= 11 is 4.49. The van der Waals surface area contributed by atoms with Crippen LogP contribution in [-0.2, 0) is 17.9 Å². The number of halogens is 1. The maximum Gasteiger partial charge on any atom is 0.342 e. The van der Waals surface area contributed by atoms with Gasteiger partial charge in [0.25, 0.3) is 0 Å². The van der Waals surface area contributed by atoms with Gasteiger partial charge in [-0.2, -0.15) is 0 Å². The molecule has 12 heteroatoms. The Kier molecular flexibility index (Phi) is 9.69. The van der Waals surface area contributed by atoms with Crippen molar-refractivity contribution in [1.82, 2.24) is 14.8 Å². The zero-order valence-electron chi connectivity index (χ0n) is 22.3. The smallest absolute Gasteiger partial charge is 0.342 e. The number of ether oxygens (including phenoxy) is 3. The number of rotatable bonds is 12.